The smallest absolute Gasteiger partial charge is 0.243 e. The van der Waals surface area contributed by atoms with Crippen LogP contribution in [0.3, 0.4) is 0 Å². The van der Waals surface area contributed by atoms with E-state index in [1.807, 2.05) is 17.5 Å². The van der Waals surface area contributed by atoms with Crippen LogP contribution in [0.4, 0.5) is 5.69 Å². The first kappa shape index (κ1) is 15.5. The van der Waals surface area contributed by atoms with Crippen molar-refractivity contribution in [3.8, 4) is 0 Å². The Labute approximate surface area is 131 Å². The summed E-state index contributed by atoms with van der Waals surface area (Å²) in [5, 5.41) is 1.93. The van der Waals surface area contributed by atoms with Crippen molar-refractivity contribution >= 4 is 43.0 Å². The highest BCUT2D eigenvalue weighted by atomic mass is 79.9. The summed E-state index contributed by atoms with van der Waals surface area (Å²) in [7, 11) is -1.97. The molecule has 0 bridgehead atoms. The highest BCUT2D eigenvalue weighted by molar-refractivity contribution is 9.10. The molecule has 1 heterocycles. The topological polar surface area (TPSA) is 63.4 Å². The summed E-state index contributed by atoms with van der Waals surface area (Å²) in [4.78, 5) is 1.25. The van der Waals surface area contributed by atoms with Crippen LogP contribution in [0.5, 0.6) is 0 Å². The summed E-state index contributed by atoms with van der Waals surface area (Å²) < 4.78 is 27.3. The van der Waals surface area contributed by atoms with Crippen molar-refractivity contribution in [1.29, 1.82) is 0 Å². The summed E-state index contributed by atoms with van der Waals surface area (Å²) in [5.74, 6) is 0. The Morgan fingerprint density at radius 2 is 2.10 bits per heavy atom. The molecular weight excluding hydrogens is 360 g/mol. The fourth-order valence-electron chi connectivity index (χ4n) is 1.82. The van der Waals surface area contributed by atoms with Gasteiger partial charge in [0.1, 0.15) is 0 Å². The molecule has 0 fully saturated rings. The lowest BCUT2D eigenvalue weighted by molar-refractivity contribution is 0.469. The molecule has 20 heavy (non-hydrogen) atoms. The maximum Gasteiger partial charge on any atom is 0.243 e. The molecule has 0 unspecified atom stereocenters. The van der Waals surface area contributed by atoms with Gasteiger partial charge in [0.05, 0.1) is 4.90 Å². The fraction of sp³-hybridized carbons (Fsp3) is 0.231. The standard InChI is InChI=1S/C13H15BrN2O2S2/c1-9-6-11(14)12(15)7-13(9)20(17,18)16(2)8-10-4-3-5-19-10/h3-7H,8,15H2,1-2H3. The number of sulfonamides is 1. The summed E-state index contributed by atoms with van der Waals surface area (Å²) in [6.45, 7) is 2.12. The molecule has 0 aliphatic rings. The summed E-state index contributed by atoms with van der Waals surface area (Å²) in [6.07, 6.45) is 0. The number of thiophene rings is 1. The first-order valence-corrected chi connectivity index (χ1v) is 8.98. The molecule has 2 rings (SSSR count). The Morgan fingerprint density at radius 3 is 2.70 bits per heavy atom. The van der Waals surface area contributed by atoms with Gasteiger partial charge in [-0.15, -0.1) is 11.3 Å². The molecule has 0 spiro atoms. The van der Waals surface area contributed by atoms with Crippen LogP contribution >= 0.6 is 27.3 Å². The molecule has 0 aliphatic carbocycles. The van der Waals surface area contributed by atoms with Crippen LogP contribution in [0.15, 0.2) is 39.0 Å². The number of aryl methyl sites for hydroxylation is 1. The summed E-state index contributed by atoms with van der Waals surface area (Å²) in [5.41, 5.74) is 6.88. The lowest BCUT2D eigenvalue weighted by Gasteiger charge is -2.18. The summed E-state index contributed by atoms with van der Waals surface area (Å²) in [6, 6.07) is 7.05. The first-order chi connectivity index (χ1) is 9.32. The van der Waals surface area contributed by atoms with Crippen molar-refractivity contribution in [2.45, 2.75) is 18.4 Å². The predicted octanol–water partition coefficient (Wildman–Crippen LogP) is 3.22. The maximum absolute atomic E-state index is 12.6. The molecule has 7 heteroatoms. The van der Waals surface area contributed by atoms with Crippen LogP contribution in [0.1, 0.15) is 10.4 Å². The van der Waals surface area contributed by atoms with Crippen molar-refractivity contribution in [1.82, 2.24) is 4.31 Å². The number of hydrogen-bond donors (Lipinski definition) is 1. The van der Waals surface area contributed by atoms with E-state index in [9.17, 15) is 8.42 Å². The maximum atomic E-state index is 12.6. The highest BCUT2D eigenvalue weighted by Crippen LogP contribution is 2.28. The molecule has 0 saturated carbocycles. The van der Waals surface area contributed by atoms with Gasteiger partial charge in [-0.25, -0.2) is 8.42 Å². The van der Waals surface area contributed by atoms with Crippen LogP contribution in [0.2, 0.25) is 0 Å². The van der Waals surface area contributed by atoms with Crippen molar-refractivity contribution in [2.75, 3.05) is 12.8 Å². The third-order valence-electron chi connectivity index (χ3n) is 2.94. The zero-order valence-corrected chi connectivity index (χ0v) is 14.3. The van der Waals surface area contributed by atoms with Crippen molar-refractivity contribution < 1.29 is 8.42 Å². The second kappa shape index (κ2) is 5.85. The van der Waals surface area contributed by atoms with Crippen LogP contribution in [0, 0.1) is 6.92 Å². The van der Waals surface area contributed by atoms with E-state index in [4.69, 9.17) is 5.73 Å². The van der Waals surface area contributed by atoms with E-state index in [0.29, 0.717) is 22.3 Å². The number of anilines is 1. The van der Waals surface area contributed by atoms with E-state index < -0.39 is 10.0 Å². The first-order valence-electron chi connectivity index (χ1n) is 5.86. The Kier molecular flexibility index (Phi) is 4.53. The minimum absolute atomic E-state index is 0.247. The monoisotopic (exact) mass is 374 g/mol. The third kappa shape index (κ3) is 3.06. The van der Waals surface area contributed by atoms with Gasteiger partial charge in [0, 0.05) is 28.6 Å². The quantitative estimate of drug-likeness (QED) is 0.835. The predicted molar refractivity (Wildman–Crippen MR) is 86.3 cm³/mol. The van der Waals surface area contributed by atoms with Gasteiger partial charge in [0.25, 0.3) is 0 Å². The molecule has 2 aromatic rings. The number of nitrogen functional groups attached to an aromatic ring is 1. The third-order valence-corrected chi connectivity index (χ3v) is 6.43. The molecule has 0 saturated heterocycles. The number of hydrogen-bond acceptors (Lipinski definition) is 4. The largest absolute Gasteiger partial charge is 0.398 e. The summed E-state index contributed by atoms with van der Waals surface area (Å²) >= 11 is 4.83. The zero-order valence-electron chi connectivity index (χ0n) is 11.1. The molecule has 108 valence electrons. The van der Waals surface area contributed by atoms with Gasteiger partial charge in [-0.3, -0.25) is 0 Å². The van der Waals surface area contributed by atoms with Gasteiger partial charge in [-0.2, -0.15) is 4.31 Å². The Morgan fingerprint density at radius 1 is 1.40 bits per heavy atom. The zero-order chi connectivity index (χ0) is 14.9. The second-order valence-corrected chi connectivity index (χ2v) is 8.38. The van der Waals surface area contributed by atoms with E-state index in [2.05, 4.69) is 15.9 Å². The van der Waals surface area contributed by atoms with Gasteiger partial charge in [-0.05, 0) is 52.0 Å². The van der Waals surface area contributed by atoms with Gasteiger partial charge in [-0.1, -0.05) is 6.07 Å². The average Bonchev–Trinajstić information content (AvgIpc) is 2.86. The van der Waals surface area contributed by atoms with Crippen LogP contribution in [-0.4, -0.2) is 19.8 Å². The van der Waals surface area contributed by atoms with Gasteiger partial charge in [0.2, 0.25) is 10.0 Å². The Balaban J connectivity index is 2.37. The van der Waals surface area contributed by atoms with E-state index >= 15 is 0 Å². The molecule has 2 N–H and O–H groups in total. The van der Waals surface area contributed by atoms with E-state index in [1.54, 1.807) is 20.0 Å². The molecule has 0 atom stereocenters. The van der Waals surface area contributed by atoms with E-state index in [1.165, 1.54) is 21.7 Å². The van der Waals surface area contributed by atoms with Gasteiger partial charge in [0.15, 0.2) is 0 Å². The van der Waals surface area contributed by atoms with Crippen molar-refractivity contribution in [2.24, 2.45) is 0 Å². The number of nitrogens with two attached hydrogens (primary N) is 1. The van der Waals surface area contributed by atoms with Crippen LogP contribution < -0.4 is 5.73 Å². The minimum Gasteiger partial charge on any atom is -0.398 e. The van der Waals surface area contributed by atoms with Gasteiger partial charge >= 0.3 is 0 Å². The van der Waals surface area contributed by atoms with Crippen LogP contribution in [0.25, 0.3) is 0 Å². The molecule has 0 aliphatic heterocycles. The highest BCUT2D eigenvalue weighted by Gasteiger charge is 2.24. The van der Waals surface area contributed by atoms with Crippen molar-refractivity contribution in [3.63, 3.8) is 0 Å². The van der Waals surface area contributed by atoms with Crippen molar-refractivity contribution in [3.05, 3.63) is 44.6 Å². The number of benzene rings is 1. The van der Waals surface area contributed by atoms with E-state index in [-0.39, 0.29) is 4.90 Å². The average molecular weight is 375 g/mol. The van der Waals surface area contributed by atoms with Crippen LogP contribution in [-0.2, 0) is 16.6 Å². The Bertz CT molecular complexity index is 712. The second-order valence-electron chi connectivity index (χ2n) is 4.48. The SMILES string of the molecule is Cc1cc(Br)c(N)cc1S(=O)(=O)N(C)Cc1cccs1. The molecule has 0 amide bonds. The molecule has 0 radical (unpaired) electrons. The molecule has 4 nitrogen and oxygen atoms in total. The molecule has 1 aromatic heterocycles. The lowest BCUT2D eigenvalue weighted by Crippen LogP contribution is -2.26. The van der Waals surface area contributed by atoms with E-state index in [0.717, 1.165) is 4.88 Å². The Hall–Kier alpha value is -0.890. The number of rotatable bonds is 4. The lowest BCUT2D eigenvalue weighted by atomic mass is 10.2. The molecular formula is C13H15BrN2O2S2. The number of nitrogens with zero attached hydrogens (tertiary/aromatic N) is 1. The van der Waals surface area contributed by atoms with Gasteiger partial charge < -0.3 is 5.73 Å². The minimum atomic E-state index is -3.55. The molecule has 1 aromatic carbocycles. The fourth-order valence-corrected chi connectivity index (χ4v) is 4.50. The normalized spacial score (nSPS) is 12.0. The number of halogens is 1.